The summed E-state index contributed by atoms with van der Waals surface area (Å²) >= 11 is 17.6. The van der Waals surface area contributed by atoms with Gasteiger partial charge in [0.1, 0.15) is 0 Å². The van der Waals surface area contributed by atoms with Gasteiger partial charge in [-0.3, -0.25) is 0 Å². The van der Waals surface area contributed by atoms with Crippen LogP contribution in [0.1, 0.15) is 5.56 Å². The first-order chi connectivity index (χ1) is 9.92. The number of phenolic OH excluding ortho intramolecular Hbond substituents is 2. The highest BCUT2D eigenvalue weighted by Gasteiger charge is 2.11. The Kier molecular flexibility index (Phi) is 4.93. The van der Waals surface area contributed by atoms with Gasteiger partial charge in [-0.1, -0.05) is 34.8 Å². The summed E-state index contributed by atoms with van der Waals surface area (Å²) in [6.45, 7) is 0.278. The number of anilines is 1. The van der Waals surface area contributed by atoms with Crippen LogP contribution in [0.3, 0.4) is 0 Å². The van der Waals surface area contributed by atoms with E-state index in [1.807, 2.05) is 0 Å². The first-order valence-electron chi connectivity index (χ1n) is 5.89. The lowest BCUT2D eigenvalue weighted by Gasteiger charge is -2.12. The molecule has 4 nitrogen and oxygen atoms in total. The zero-order valence-corrected chi connectivity index (χ0v) is 13.2. The number of phenols is 2. The summed E-state index contributed by atoms with van der Waals surface area (Å²) in [7, 11) is 1.45. The van der Waals surface area contributed by atoms with Crippen molar-refractivity contribution in [3.8, 4) is 17.2 Å². The van der Waals surface area contributed by atoms with Crippen molar-refractivity contribution in [3.63, 3.8) is 0 Å². The Labute approximate surface area is 136 Å². The van der Waals surface area contributed by atoms with Crippen LogP contribution in [0.15, 0.2) is 24.3 Å². The quantitative estimate of drug-likeness (QED) is 0.702. The highest BCUT2D eigenvalue weighted by atomic mass is 35.5. The molecule has 0 amide bonds. The molecule has 0 bridgehead atoms. The third kappa shape index (κ3) is 3.59. The fourth-order valence-corrected chi connectivity index (χ4v) is 2.50. The highest BCUT2D eigenvalue weighted by molar-refractivity contribution is 6.37. The molecular formula is C14H12Cl3NO3. The van der Waals surface area contributed by atoms with Crippen LogP contribution in [0.2, 0.25) is 15.1 Å². The van der Waals surface area contributed by atoms with E-state index in [-0.39, 0.29) is 28.1 Å². The van der Waals surface area contributed by atoms with Crippen LogP contribution in [0.5, 0.6) is 17.2 Å². The normalized spacial score (nSPS) is 10.5. The van der Waals surface area contributed by atoms with Crippen molar-refractivity contribution in [1.29, 1.82) is 0 Å². The zero-order chi connectivity index (χ0) is 15.6. The van der Waals surface area contributed by atoms with Gasteiger partial charge in [-0.05, 0) is 18.2 Å². The SMILES string of the molecule is COc1cc(Cl)cc(CNc2cc(Cl)c(O)c(Cl)c2)c1O. The number of hydrogen-bond acceptors (Lipinski definition) is 4. The minimum atomic E-state index is -0.170. The maximum atomic E-state index is 10.0. The molecule has 0 saturated heterocycles. The summed E-state index contributed by atoms with van der Waals surface area (Å²) in [6, 6.07) is 6.20. The molecule has 0 heterocycles. The Bertz CT molecular complexity index is 654. The van der Waals surface area contributed by atoms with Crippen molar-refractivity contribution in [3.05, 3.63) is 44.9 Å². The van der Waals surface area contributed by atoms with Gasteiger partial charge in [0.2, 0.25) is 0 Å². The topological polar surface area (TPSA) is 61.7 Å². The summed E-state index contributed by atoms with van der Waals surface area (Å²) in [5, 5.41) is 23.3. The molecule has 0 atom stereocenters. The van der Waals surface area contributed by atoms with E-state index in [9.17, 15) is 10.2 Å². The monoisotopic (exact) mass is 347 g/mol. The van der Waals surface area contributed by atoms with E-state index in [1.54, 1.807) is 6.07 Å². The van der Waals surface area contributed by atoms with Gasteiger partial charge in [0.05, 0.1) is 17.2 Å². The van der Waals surface area contributed by atoms with Gasteiger partial charge in [0, 0.05) is 28.9 Å². The first-order valence-corrected chi connectivity index (χ1v) is 7.03. The summed E-state index contributed by atoms with van der Waals surface area (Å²) in [6.07, 6.45) is 0. The van der Waals surface area contributed by atoms with E-state index < -0.39 is 0 Å². The minimum absolute atomic E-state index is 0.00497. The third-order valence-corrected chi connectivity index (χ3v) is 3.63. The molecule has 0 unspecified atom stereocenters. The minimum Gasteiger partial charge on any atom is -0.505 e. The maximum absolute atomic E-state index is 10.0. The largest absolute Gasteiger partial charge is 0.505 e. The number of halogens is 3. The molecule has 0 aromatic heterocycles. The molecule has 0 saturated carbocycles. The molecule has 2 rings (SSSR count). The second-order valence-electron chi connectivity index (χ2n) is 4.26. The molecule has 3 N–H and O–H groups in total. The van der Waals surface area contributed by atoms with Crippen LogP contribution < -0.4 is 10.1 Å². The van der Waals surface area contributed by atoms with Crippen molar-refractivity contribution in [2.45, 2.75) is 6.54 Å². The van der Waals surface area contributed by atoms with E-state index in [1.165, 1.54) is 25.3 Å². The van der Waals surface area contributed by atoms with Crippen molar-refractivity contribution in [2.75, 3.05) is 12.4 Å². The number of nitrogens with one attached hydrogen (secondary N) is 1. The smallest absolute Gasteiger partial charge is 0.162 e. The van der Waals surface area contributed by atoms with Crippen LogP contribution in [0.25, 0.3) is 0 Å². The van der Waals surface area contributed by atoms with Crippen LogP contribution in [0, 0.1) is 0 Å². The Hall–Kier alpha value is -1.49. The van der Waals surface area contributed by atoms with Gasteiger partial charge < -0.3 is 20.3 Å². The molecule has 0 spiro atoms. The Morgan fingerprint density at radius 2 is 1.62 bits per heavy atom. The predicted molar refractivity (Wildman–Crippen MR) is 85.1 cm³/mol. The van der Waals surface area contributed by atoms with E-state index in [4.69, 9.17) is 39.5 Å². The highest BCUT2D eigenvalue weighted by Crippen LogP contribution is 2.36. The van der Waals surface area contributed by atoms with Crippen LogP contribution in [0.4, 0.5) is 5.69 Å². The lowest BCUT2D eigenvalue weighted by molar-refractivity contribution is 0.371. The number of aromatic hydroxyl groups is 2. The summed E-state index contributed by atoms with van der Waals surface area (Å²) < 4.78 is 5.03. The lowest BCUT2D eigenvalue weighted by atomic mass is 10.1. The van der Waals surface area contributed by atoms with Gasteiger partial charge in [-0.15, -0.1) is 0 Å². The molecule has 0 aliphatic carbocycles. The number of rotatable bonds is 4. The van der Waals surface area contributed by atoms with Crippen molar-refractivity contribution >= 4 is 40.5 Å². The number of ether oxygens (including phenoxy) is 1. The van der Waals surface area contributed by atoms with Gasteiger partial charge in [-0.2, -0.15) is 0 Å². The van der Waals surface area contributed by atoms with Gasteiger partial charge in [-0.25, -0.2) is 0 Å². The Morgan fingerprint density at radius 1 is 1.00 bits per heavy atom. The molecular weight excluding hydrogens is 337 g/mol. The number of methoxy groups -OCH3 is 1. The molecule has 0 aliphatic heterocycles. The van der Waals surface area contributed by atoms with Gasteiger partial charge in [0.15, 0.2) is 17.2 Å². The van der Waals surface area contributed by atoms with Gasteiger partial charge in [0.25, 0.3) is 0 Å². The molecule has 0 fully saturated rings. The van der Waals surface area contributed by atoms with E-state index in [0.29, 0.717) is 22.0 Å². The Morgan fingerprint density at radius 3 is 2.19 bits per heavy atom. The van der Waals surface area contributed by atoms with Crippen molar-refractivity contribution < 1.29 is 14.9 Å². The average molecular weight is 349 g/mol. The first kappa shape index (κ1) is 15.9. The average Bonchev–Trinajstić information content (AvgIpc) is 2.45. The summed E-state index contributed by atoms with van der Waals surface area (Å²) in [5.74, 6) is 0.127. The van der Waals surface area contributed by atoms with E-state index in [2.05, 4.69) is 5.32 Å². The summed E-state index contributed by atoms with van der Waals surface area (Å²) in [5.41, 5.74) is 1.15. The molecule has 21 heavy (non-hydrogen) atoms. The molecule has 0 aliphatic rings. The molecule has 112 valence electrons. The van der Waals surface area contributed by atoms with Crippen LogP contribution in [-0.4, -0.2) is 17.3 Å². The van der Waals surface area contributed by atoms with Gasteiger partial charge >= 0.3 is 0 Å². The predicted octanol–water partition coefficient (Wildman–Crippen LogP) is 4.68. The zero-order valence-electron chi connectivity index (χ0n) is 11.0. The summed E-state index contributed by atoms with van der Waals surface area (Å²) in [4.78, 5) is 0. The van der Waals surface area contributed by atoms with E-state index in [0.717, 1.165) is 0 Å². The molecule has 7 heteroatoms. The van der Waals surface area contributed by atoms with E-state index >= 15 is 0 Å². The maximum Gasteiger partial charge on any atom is 0.162 e. The second kappa shape index (κ2) is 6.52. The number of benzene rings is 2. The molecule has 0 radical (unpaired) electrons. The van der Waals surface area contributed by atoms with Crippen molar-refractivity contribution in [2.24, 2.45) is 0 Å². The lowest BCUT2D eigenvalue weighted by Crippen LogP contribution is -2.01. The molecule has 2 aromatic carbocycles. The fourth-order valence-electron chi connectivity index (χ4n) is 1.78. The number of hydrogen-bond donors (Lipinski definition) is 3. The molecule has 2 aromatic rings. The van der Waals surface area contributed by atoms with Crippen LogP contribution in [-0.2, 0) is 6.54 Å². The van der Waals surface area contributed by atoms with Crippen molar-refractivity contribution in [1.82, 2.24) is 0 Å². The third-order valence-electron chi connectivity index (χ3n) is 2.84. The van der Waals surface area contributed by atoms with Crippen LogP contribution >= 0.6 is 34.8 Å². The Balaban J connectivity index is 2.22. The standard InChI is InChI=1S/C14H12Cl3NO3/c1-21-12-3-8(15)2-7(13(12)19)6-18-9-4-10(16)14(20)11(17)5-9/h2-5,18-20H,6H2,1H3. The fraction of sp³-hybridized carbons (Fsp3) is 0.143. The second-order valence-corrected chi connectivity index (χ2v) is 5.51.